The Labute approximate surface area is 152 Å². The number of carboxylic acids is 1. The van der Waals surface area contributed by atoms with E-state index in [9.17, 15) is 24.6 Å². The van der Waals surface area contributed by atoms with Crippen molar-refractivity contribution in [1.29, 1.82) is 0 Å². The summed E-state index contributed by atoms with van der Waals surface area (Å²) < 4.78 is 5.02. The van der Waals surface area contributed by atoms with Crippen molar-refractivity contribution in [2.24, 2.45) is 5.92 Å². The summed E-state index contributed by atoms with van der Waals surface area (Å²) >= 11 is 0. The van der Waals surface area contributed by atoms with Crippen molar-refractivity contribution >= 4 is 18.0 Å². The molecule has 0 aromatic heterocycles. The van der Waals surface area contributed by atoms with E-state index in [1.165, 1.54) is 6.92 Å². The number of amides is 2. The predicted octanol–water partition coefficient (Wildman–Crippen LogP) is 1.28. The first-order chi connectivity index (χ1) is 12.3. The number of aliphatic hydroxyl groups excluding tert-OH is 1. The summed E-state index contributed by atoms with van der Waals surface area (Å²) in [6.07, 6.45) is -1.57. The van der Waals surface area contributed by atoms with Gasteiger partial charge in [0.25, 0.3) is 0 Å². The molecule has 0 unspecified atom stereocenters. The van der Waals surface area contributed by atoms with Crippen molar-refractivity contribution in [3.8, 4) is 0 Å². The van der Waals surface area contributed by atoms with Gasteiger partial charge in [-0.3, -0.25) is 4.79 Å². The second kappa shape index (κ2) is 10.4. The van der Waals surface area contributed by atoms with Gasteiger partial charge in [0.15, 0.2) is 0 Å². The number of rotatable bonds is 9. The van der Waals surface area contributed by atoms with Crippen LogP contribution in [0.15, 0.2) is 30.3 Å². The van der Waals surface area contributed by atoms with Crippen LogP contribution >= 0.6 is 0 Å². The Bertz CT molecular complexity index is 605. The van der Waals surface area contributed by atoms with Crippen LogP contribution in [0.1, 0.15) is 32.8 Å². The highest BCUT2D eigenvalue weighted by Crippen LogP contribution is 2.09. The largest absolute Gasteiger partial charge is 0.480 e. The summed E-state index contributed by atoms with van der Waals surface area (Å²) in [5.41, 5.74) is 0.767. The zero-order valence-electron chi connectivity index (χ0n) is 15.1. The van der Waals surface area contributed by atoms with E-state index in [0.29, 0.717) is 6.42 Å². The number of nitrogens with one attached hydrogen (secondary N) is 2. The molecule has 0 spiro atoms. The number of alkyl carbamates (subject to hydrolysis) is 1. The van der Waals surface area contributed by atoms with Crippen LogP contribution in [0.4, 0.5) is 4.79 Å². The van der Waals surface area contributed by atoms with Gasteiger partial charge >= 0.3 is 12.1 Å². The fourth-order valence-electron chi connectivity index (χ4n) is 2.22. The van der Waals surface area contributed by atoms with Crippen LogP contribution in [0.3, 0.4) is 0 Å². The van der Waals surface area contributed by atoms with E-state index in [1.807, 2.05) is 6.07 Å². The first-order valence-corrected chi connectivity index (χ1v) is 8.44. The normalized spacial score (nSPS) is 15.2. The van der Waals surface area contributed by atoms with Crippen LogP contribution in [0.2, 0.25) is 0 Å². The zero-order chi connectivity index (χ0) is 19.7. The van der Waals surface area contributed by atoms with Gasteiger partial charge in [0.1, 0.15) is 18.7 Å². The summed E-state index contributed by atoms with van der Waals surface area (Å²) in [4.78, 5) is 35.5. The maximum Gasteiger partial charge on any atom is 0.408 e. The lowest BCUT2D eigenvalue weighted by atomic mass is 9.98. The summed E-state index contributed by atoms with van der Waals surface area (Å²) in [5, 5.41) is 23.7. The Morgan fingerprint density at radius 2 is 1.69 bits per heavy atom. The highest BCUT2D eigenvalue weighted by molar-refractivity contribution is 5.89. The molecular formula is C18H26N2O6. The van der Waals surface area contributed by atoms with Gasteiger partial charge in [-0.2, -0.15) is 0 Å². The molecule has 0 aliphatic rings. The van der Waals surface area contributed by atoms with E-state index in [1.54, 1.807) is 38.1 Å². The third-order valence-corrected chi connectivity index (χ3v) is 4.03. The molecule has 0 aliphatic heterocycles. The zero-order valence-corrected chi connectivity index (χ0v) is 15.1. The summed E-state index contributed by atoms with van der Waals surface area (Å²) in [7, 11) is 0. The molecule has 26 heavy (non-hydrogen) atoms. The van der Waals surface area contributed by atoms with Gasteiger partial charge in [0, 0.05) is 0 Å². The third kappa shape index (κ3) is 6.72. The minimum Gasteiger partial charge on any atom is -0.480 e. The smallest absolute Gasteiger partial charge is 0.408 e. The summed E-state index contributed by atoms with van der Waals surface area (Å²) in [5.74, 6) is -2.27. The predicted molar refractivity (Wildman–Crippen MR) is 94.3 cm³/mol. The van der Waals surface area contributed by atoms with E-state index in [-0.39, 0.29) is 12.5 Å². The fourth-order valence-corrected chi connectivity index (χ4v) is 2.22. The number of hydrogen-bond acceptors (Lipinski definition) is 5. The second-order valence-corrected chi connectivity index (χ2v) is 6.13. The first-order valence-electron chi connectivity index (χ1n) is 8.44. The number of carbonyl (C=O) groups is 3. The summed E-state index contributed by atoms with van der Waals surface area (Å²) in [6, 6.07) is 6.52. The van der Waals surface area contributed by atoms with Crippen molar-refractivity contribution in [2.45, 2.75) is 52.0 Å². The molecule has 0 radical (unpaired) electrons. The lowest BCUT2D eigenvalue weighted by molar-refractivity contribution is -0.144. The molecule has 0 saturated heterocycles. The SMILES string of the molecule is CC[C@@H](C)[C@@H](NC(=O)[C@@H](NC(=O)OCc1ccccc1)[C@@H](C)O)C(=O)O. The molecule has 1 aromatic rings. The Morgan fingerprint density at radius 1 is 1.08 bits per heavy atom. The molecular weight excluding hydrogens is 340 g/mol. The molecule has 144 valence electrons. The van der Waals surface area contributed by atoms with Gasteiger partial charge in [-0.15, -0.1) is 0 Å². The van der Waals surface area contributed by atoms with E-state index in [4.69, 9.17) is 4.74 Å². The maximum atomic E-state index is 12.3. The minimum atomic E-state index is -1.33. The Morgan fingerprint density at radius 3 is 2.19 bits per heavy atom. The molecule has 8 nitrogen and oxygen atoms in total. The number of aliphatic hydroxyl groups is 1. The molecule has 4 atom stereocenters. The average molecular weight is 366 g/mol. The molecule has 0 bridgehead atoms. The van der Waals surface area contributed by atoms with Gasteiger partial charge in [-0.25, -0.2) is 9.59 Å². The van der Waals surface area contributed by atoms with Crippen LogP contribution in [-0.4, -0.2) is 46.4 Å². The van der Waals surface area contributed by atoms with Crippen molar-refractivity contribution in [2.75, 3.05) is 0 Å². The quantitative estimate of drug-likeness (QED) is 0.522. The topological polar surface area (TPSA) is 125 Å². The number of hydrogen-bond donors (Lipinski definition) is 4. The molecule has 4 N–H and O–H groups in total. The number of benzene rings is 1. The molecule has 1 rings (SSSR count). The molecule has 2 amide bonds. The van der Waals surface area contributed by atoms with Gasteiger partial charge in [0.2, 0.25) is 5.91 Å². The van der Waals surface area contributed by atoms with E-state index < -0.39 is 36.2 Å². The van der Waals surface area contributed by atoms with Gasteiger partial charge < -0.3 is 25.6 Å². The lowest BCUT2D eigenvalue weighted by Gasteiger charge is -2.25. The Kier molecular flexibility index (Phi) is 8.57. The second-order valence-electron chi connectivity index (χ2n) is 6.13. The lowest BCUT2D eigenvalue weighted by Crippen LogP contribution is -2.57. The molecule has 8 heteroatoms. The van der Waals surface area contributed by atoms with Crippen molar-refractivity contribution in [1.82, 2.24) is 10.6 Å². The molecule has 1 aromatic carbocycles. The highest BCUT2D eigenvalue weighted by Gasteiger charge is 2.32. The molecule has 0 heterocycles. The minimum absolute atomic E-state index is 0.00540. The van der Waals surface area contributed by atoms with Crippen LogP contribution in [0, 0.1) is 5.92 Å². The third-order valence-electron chi connectivity index (χ3n) is 4.03. The van der Waals surface area contributed by atoms with Crippen molar-refractivity contribution < 1.29 is 29.3 Å². The summed E-state index contributed by atoms with van der Waals surface area (Å²) in [6.45, 7) is 4.82. The van der Waals surface area contributed by atoms with Crippen molar-refractivity contribution in [3.05, 3.63) is 35.9 Å². The van der Waals surface area contributed by atoms with E-state index in [0.717, 1.165) is 5.56 Å². The highest BCUT2D eigenvalue weighted by atomic mass is 16.5. The number of ether oxygens (including phenoxy) is 1. The van der Waals surface area contributed by atoms with E-state index in [2.05, 4.69) is 10.6 Å². The van der Waals surface area contributed by atoms with Gasteiger partial charge in [-0.05, 0) is 18.4 Å². The van der Waals surface area contributed by atoms with E-state index >= 15 is 0 Å². The molecule has 0 saturated carbocycles. The van der Waals surface area contributed by atoms with Crippen LogP contribution in [-0.2, 0) is 20.9 Å². The van der Waals surface area contributed by atoms with Crippen LogP contribution in [0.5, 0.6) is 0 Å². The number of carboxylic acid groups (broad SMARTS) is 1. The fraction of sp³-hybridized carbons (Fsp3) is 0.500. The monoisotopic (exact) mass is 366 g/mol. The molecule has 0 fully saturated rings. The standard InChI is InChI=1S/C18H26N2O6/c1-4-11(2)14(17(23)24)19-16(22)15(12(3)21)20-18(25)26-10-13-8-6-5-7-9-13/h5-9,11-12,14-15,21H,4,10H2,1-3H3,(H,19,22)(H,20,25)(H,23,24)/t11-,12-,14-,15+/m1/s1. The van der Waals surface area contributed by atoms with Gasteiger partial charge in [0.05, 0.1) is 6.10 Å². The van der Waals surface area contributed by atoms with Crippen molar-refractivity contribution in [3.63, 3.8) is 0 Å². The number of carbonyl (C=O) groups excluding carboxylic acids is 2. The van der Waals surface area contributed by atoms with Crippen LogP contribution < -0.4 is 10.6 Å². The molecule has 0 aliphatic carbocycles. The maximum absolute atomic E-state index is 12.3. The van der Waals surface area contributed by atoms with Crippen LogP contribution in [0.25, 0.3) is 0 Å². The van der Waals surface area contributed by atoms with Gasteiger partial charge in [-0.1, -0.05) is 50.6 Å². The Hall–Kier alpha value is -2.61. The Balaban J connectivity index is 2.67. The number of aliphatic carboxylic acids is 1. The average Bonchev–Trinajstić information content (AvgIpc) is 2.61. The first kappa shape index (κ1) is 21.4.